The molecule has 0 radical (unpaired) electrons. The van der Waals surface area contributed by atoms with Crippen LogP contribution < -0.4 is 4.74 Å². The summed E-state index contributed by atoms with van der Waals surface area (Å²) in [7, 11) is 1.74. The van der Waals surface area contributed by atoms with E-state index in [1.807, 2.05) is 24.3 Å². The van der Waals surface area contributed by atoms with Gasteiger partial charge in [-0.25, -0.2) is 4.79 Å². The third-order valence-corrected chi connectivity index (χ3v) is 5.86. The lowest BCUT2D eigenvalue weighted by Gasteiger charge is -2.08. The number of aromatic nitrogens is 3. The van der Waals surface area contributed by atoms with Crippen molar-refractivity contribution < 1.29 is 14.5 Å². The molecule has 4 rings (SSSR count). The third kappa shape index (κ3) is 4.19. The fraction of sp³-hybridized carbons (Fsp3) is 0.0500. The second kappa shape index (κ2) is 8.25. The fourth-order valence-corrected chi connectivity index (χ4v) is 3.99. The third-order valence-electron chi connectivity index (χ3n) is 4.25. The van der Waals surface area contributed by atoms with Crippen LogP contribution >= 0.6 is 27.7 Å². The zero-order valence-electron chi connectivity index (χ0n) is 15.5. The monoisotopic (exact) mass is 484 g/mol. The highest BCUT2D eigenvalue weighted by Gasteiger charge is 2.21. The Morgan fingerprint density at radius 2 is 1.90 bits per heavy atom. The molecular weight excluding hydrogens is 472 g/mol. The van der Waals surface area contributed by atoms with Crippen LogP contribution in [0.2, 0.25) is 0 Å². The first-order valence-corrected chi connectivity index (χ1v) is 10.2. The summed E-state index contributed by atoms with van der Waals surface area (Å²) in [6.45, 7) is 0. The van der Waals surface area contributed by atoms with Gasteiger partial charge in [-0.3, -0.25) is 10.1 Å². The molecule has 1 aromatic heterocycles. The molecule has 0 fully saturated rings. The van der Waals surface area contributed by atoms with Gasteiger partial charge in [0.15, 0.2) is 5.16 Å². The standard InChI is InChI=1S/C20H13BrN4O4S/c1-24-11-22-23-20(24)30-18-7-4-14(10-17(18)25(27)28)19(26)29-16-6-3-12-8-15(21)5-2-13(12)9-16/h2-11H,1H3. The maximum atomic E-state index is 12.6. The minimum absolute atomic E-state index is 0.0833. The minimum Gasteiger partial charge on any atom is -0.423 e. The predicted molar refractivity (Wildman–Crippen MR) is 115 cm³/mol. The van der Waals surface area contributed by atoms with E-state index in [9.17, 15) is 14.9 Å². The number of nitrogens with zero attached hydrogens (tertiary/aromatic N) is 4. The van der Waals surface area contributed by atoms with E-state index in [1.54, 1.807) is 23.7 Å². The minimum atomic E-state index is -0.676. The topological polar surface area (TPSA) is 100 Å². The Balaban J connectivity index is 1.59. The molecule has 0 saturated carbocycles. The Morgan fingerprint density at radius 1 is 1.13 bits per heavy atom. The molecule has 0 aliphatic heterocycles. The molecular formula is C20H13BrN4O4S. The van der Waals surface area contributed by atoms with E-state index in [1.165, 1.54) is 24.5 Å². The van der Waals surface area contributed by atoms with Gasteiger partial charge in [-0.1, -0.05) is 28.1 Å². The van der Waals surface area contributed by atoms with E-state index in [0.717, 1.165) is 27.0 Å². The molecule has 0 spiro atoms. The van der Waals surface area contributed by atoms with Gasteiger partial charge < -0.3 is 9.30 Å². The lowest BCUT2D eigenvalue weighted by Crippen LogP contribution is -2.09. The second-order valence-electron chi connectivity index (χ2n) is 6.31. The zero-order chi connectivity index (χ0) is 21.3. The quantitative estimate of drug-likeness (QED) is 0.170. The SMILES string of the molecule is Cn1cnnc1Sc1ccc(C(=O)Oc2ccc3cc(Br)ccc3c2)cc1[N+](=O)[O-]. The van der Waals surface area contributed by atoms with Crippen LogP contribution in [0.1, 0.15) is 10.4 Å². The molecule has 0 bridgehead atoms. The van der Waals surface area contributed by atoms with Gasteiger partial charge in [0, 0.05) is 17.6 Å². The summed E-state index contributed by atoms with van der Waals surface area (Å²) in [6.07, 6.45) is 1.50. The van der Waals surface area contributed by atoms with Crippen LogP contribution in [0.25, 0.3) is 10.8 Å². The number of nitro benzene ring substituents is 1. The largest absolute Gasteiger partial charge is 0.423 e. The van der Waals surface area contributed by atoms with Crippen LogP contribution in [-0.4, -0.2) is 25.7 Å². The Kier molecular flexibility index (Phi) is 5.51. The van der Waals surface area contributed by atoms with Crippen molar-refractivity contribution in [2.75, 3.05) is 0 Å². The Morgan fingerprint density at radius 3 is 2.63 bits per heavy atom. The van der Waals surface area contributed by atoms with Gasteiger partial charge in [-0.05, 0) is 58.9 Å². The Labute approximate surface area is 183 Å². The number of carbonyl (C=O) groups is 1. The number of aryl methyl sites for hydroxylation is 1. The zero-order valence-corrected chi connectivity index (χ0v) is 17.9. The summed E-state index contributed by atoms with van der Waals surface area (Å²) in [5.74, 6) is -0.320. The van der Waals surface area contributed by atoms with Crippen LogP contribution in [0.5, 0.6) is 5.75 Å². The number of benzene rings is 3. The molecule has 3 aromatic carbocycles. The van der Waals surface area contributed by atoms with E-state index < -0.39 is 10.9 Å². The van der Waals surface area contributed by atoms with E-state index >= 15 is 0 Å². The van der Waals surface area contributed by atoms with Crippen molar-refractivity contribution in [2.45, 2.75) is 10.1 Å². The number of halogens is 1. The molecule has 30 heavy (non-hydrogen) atoms. The van der Waals surface area contributed by atoms with Crippen molar-refractivity contribution in [1.29, 1.82) is 0 Å². The number of ether oxygens (including phenoxy) is 1. The smallest absolute Gasteiger partial charge is 0.343 e. The summed E-state index contributed by atoms with van der Waals surface area (Å²) in [5.41, 5.74) is -0.124. The van der Waals surface area contributed by atoms with Crippen LogP contribution in [0.3, 0.4) is 0 Å². The number of fused-ring (bicyclic) bond motifs is 1. The van der Waals surface area contributed by atoms with E-state index in [-0.39, 0.29) is 11.3 Å². The second-order valence-corrected chi connectivity index (χ2v) is 8.23. The van der Waals surface area contributed by atoms with Crippen LogP contribution in [-0.2, 0) is 7.05 Å². The van der Waals surface area contributed by atoms with E-state index in [2.05, 4.69) is 26.1 Å². The van der Waals surface area contributed by atoms with Gasteiger partial charge >= 0.3 is 5.97 Å². The van der Waals surface area contributed by atoms with Gasteiger partial charge in [-0.15, -0.1) is 10.2 Å². The Hall–Kier alpha value is -3.24. The summed E-state index contributed by atoms with van der Waals surface area (Å²) in [5, 5.41) is 21.6. The first-order valence-electron chi connectivity index (χ1n) is 8.62. The molecule has 0 N–H and O–H groups in total. The number of hydrogen-bond donors (Lipinski definition) is 0. The predicted octanol–water partition coefficient (Wildman–Crippen LogP) is 5.01. The molecule has 150 valence electrons. The van der Waals surface area contributed by atoms with Crippen LogP contribution in [0.4, 0.5) is 5.69 Å². The summed E-state index contributed by atoms with van der Waals surface area (Å²) < 4.78 is 8.03. The summed E-state index contributed by atoms with van der Waals surface area (Å²) >= 11 is 4.51. The molecule has 0 aliphatic rings. The number of esters is 1. The first kappa shape index (κ1) is 20.0. The molecule has 1 heterocycles. The maximum Gasteiger partial charge on any atom is 0.343 e. The highest BCUT2D eigenvalue weighted by molar-refractivity contribution is 9.10. The molecule has 8 nitrogen and oxygen atoms in total. The molecule has 0 saturated heterocycles. The summed E-state index contributed by atoms with van der Waals surface area (Å²) in [6, 6.07) is 15.2. The van der Waals surface area contributed by atoms with Gasteiger partial charge in [0.05, 0.1) is 15.4 Å². The van der Waals surface area contributed by atoms with E-state index in [4.69, 9.17) is 4.74 Å². The lowest BCUT2D eigenvalue weighted by atomic mass is 10.1. The molecule has 0 amide bonds. The first-order chi connectivity index (χ1) is 14.4. The Bertz CT molecular complexity index is 1290. The molecule has 10 heteroatoms. The van der Waals surface area contributed by atoms with Gasteiger partial charge in [0.1, 0.15) is 12.1 Å². The van der Waals surface area contributed by atoms with E-state index in [0.29, 0.717) is 15.8 Å². The van der Waals surface area contributed by atoms with Gasteiger partial charge in [0.2, 0.25) is 0 Å². The van der Waals surface area contributed by atoms with Crippen LogP contribution in [0, 0.1) is 10.1 Å². The number of rotatable bonds is 5. The molecule has 4 aromatic rings. The molecule has 0 aliphatic carbocycles. The van der Waals surface area contributed by atoms with Crippen molar-refractivity contribution in [3.8, 4) is 5.75 Å². The lowest BCUT2D eigenvalue weighted by molar-refractivity contribution is -0.387. The average Bonchev–Trinajstić information content (AvgIpc) is 3.12. The molecule has 0 unspecified atom stereocenters. The average molecular weight is 485 g/mol. The number of carbonyl (C=O) groups excluding carboxylic acids is 1. The normalized spacial score (nSPS) is 10.9. The summed E-state index contributed by atoms with van der Waals surface area (Å²) in [4.78, 5) is 23.9. The highest BCUT2D eigenvalue weighted by atomic mass is 79.9. The van der Waals surface area contributed by atoms with Crippen molar-refractivity contribution >= 4 is 50.1 Å². The van der Waals surface area contributed by atoms with Crippen molar-refractivity contribution in [2.24, 2.45) is 7.05 Å². The number of hydrogen-bond acceptors (Lipinski definition) is 7. The molecule has 0 atom stereocenters. The number of nitro groups is 1. The van der Waals surface area contributed by atoms with Crippen molar-refractivity contribution in [3.63, 3.8) is 0 Å². The van der Waals surface area contributed by atoms with Crippen molar-refractivity contribution in [1.82, 2.24) is 14.8 Å². The maximum absolute atomic E-state index is 12.6. The van der Waals surface area contributed by atoms with Crippen LogP contribution in [0.15, 0.2) is 75.4 Å². The highest BCUT2D eigenvalue weighted by Crippen LogP contribution is 2.34. The van der Waals surface area contributed by atoms with Gasteiger partial charge in [0.25, 0.3) is 5.69 Å². The van der Waals surface area contributed by atoms with Gasteiger partial charge in [-0.2, -0.15) is 0 Å². The fourth-order valence-electron chi connectivity index (χ4n) is 2.76. The van der Waals surface area contributed by atoms with Crippen molar-refractivity contribution in [3.05, 3.63) is 81.1 Å².